The van der Waals surface area contributed by atoms with Crippen LogP contribution < -0.4 is 4.90 Å². The first-order valence-electron chi connectivity index (χ1n) is 14.0. The van der Waals surface area contributed by atoms with Crippen LogP contribution in [0.2, 0.25) is 0 Å². The molecule has 2 saturated heterocycles. The van der Waals surface area contributed by atoms with Gasteiger partial charge in [-0.3, -0.25) is 14.3 Å². The number of carbonyl (C=O) groups excluding carboxylic acids is 1. The third-order valence-electron chi connectivity index (χ3n) is 7.85. The Morgan fingerprint density at radius 1 is 0.974 bits per heavy atom. The van der Waals surface area contributed by atoms with Crippen molar-refractivity contribution in [2.75, 3.05) is 57.4 Å². The van der Waals surface area contributed by atoms with Gasteiger partial charge < -0.3 is 19.1 Å². The fourth-order valence-electron chi connectivity index (χ4n) is 5.67. The molecule has 3 aromatic heterocycles. The lowest BCUT2D eigenvalue weighted by atomic mass is 10.2. The molecule has 5 heterocycles. The smallest absolute Gasteiger partial charge is 0.239 e. The van der Waals surface area contributed by atoms with E-state index >= 15 is 0 Å². The Morgan fingerprint density at radius 2 is 1.77 bits per heavy atom. The zero-order chi connectivity index (χ0) is 27.1. The first kappa shape index (κ1) is 25.7. The number of amides is 1. The number of rotatable bonds is 7. The lowest BCUT2D eigenvalue weighted by Gasteiger charge is -2.36. The third kappa shape index (κ3) is 4.74. The number of aromatic nitrogens is 6. The van der Waals surface area contributed by atoms with Crippen LogP contribution in [0.3, 0.4) is 0 Å². The molecule has 0 saturated carbocycles. The van der Waals surface area contributed by atoms with Crippen LogP contribution in [0, 0.1) is 0 Å². The van der Waals surface area contributed by atoms with Crippen molar-refractivity contribution in [1.29, 1.82) is 0 Å². The standard InChI is InChI=1S/C28H37N9O2/c1-5-22-29-20-8-6-7-9-21(20)37(22)28-31-26-25(27(32-28)35-14-16-39-17-15-35)30-23(33(26)4)10-11-34-12-13-36(19(2)3)24(38)18-34/h6-9,19H,5,10-18H2,1-4H3. The molecule has 11 heteroatoms. The number of piperazine rings is 1. The summed E-state index contributed by atoms with van der Waals surface area (Å²) in [5, 5.41) is 0. The monoisotopic (exact) mass is 531 g/mol. The van der Waals surface area contributed by atoms with E-state index in [-0.39, 0.29) is 11.9 Å². The van der Waals surface area contributed by atoms with E-state index in [1.54, 1.807) is 0 Å². The van der Waals surface area contributed by atoms with Gasteiger partial charge in [0.05, 0.1) is 30.8 Å². The van der Waals surface area contributed by atoms with E-state index in [2.05, 4.69) is 45.8 Å². The molecule has 4 aromatic rings. The Hall–Kier alpha value is -3.57. The van der Waals surface area contributed by atoms with Gasteiger partial charge in [-0.25, -0.2) is 9.97 Å². The average Bonchev–Trinajstić information content (AvgIpc) is 3.49. The van der Waals surface area contributed by atoms with E-state index in [1.807, 2.05) is 30.1 Å². The maximum atomic E-state index is 12.6. The van der Waals surface area contributed by atoms with Crippen LogP contribution in [-0.4, -0.2) is 103 Å². The summed E-state index contributed by atoms with van der Waals surface area (Å²) in [7, 11) is 2.03. The van der Waals surface area contributed by atoms with Gasteiger partial charge in [-0.1, -0.05) is 19.1 Å². The third-order valence-corrected chi connectivity index (χ3v) is 7.85. The van der Waals surface area contributed by atoms with Gasteiger partial charge in [-0.15, -0.1) is 0 Å². The molecule has 206 valence electrons. The average molecular weight is 532 g/mol. The van der Waals surface area contributed by atoms with E-state index in [0.29, 0.717) is 25.7 Å². The number of ether oxygens (including phenoxy) is 1. The van der Waals surface area contributed by atoms with Gasteiger partial charge in [-0.2, -0.15) is 9.97 Å². The van der Waals surface area contributed by atoms with E-state index in [4.69, 9.17) is 24.7 Å². The van der Waals surface area contributed by atoms with Gasteiger partial charge >= 0.3 is 0 Å². The maximum Gasteiger partial charge on any atom is 0.239 e. The van der Waals surface area contributed by atoms with Crippen LogP contribution in [0.15, 0.2) is 24.3 Å². The molecule has 0 aliphatic carbocycles. The predicted octanol–water partition coefficient (Wildman–Crippen LogP) is 2.20. The highest BCUT2D eigenvalue weighted by Crippen LogP contribution is 2.28. The molecule has 0 unspecified atom stereocenters. The number of nitrogens with zero attached hydrogens (tertiary/aromatic N) is 9. The second-order valence-corrected chi connectivity index (χ2v) is 10.6. The SMILES string of the molecule is CCc1nc2ccccc2n1-c1nc(N2CCOCC2)c2nc(CCN3CCN(C(C)C)C(=O)C3)n(C)c2n1. The first-order chi connectivity index (χ1) is 18.9. The summed E-state index contributed by atoms with van der Waals surface area (Å²) in [5.74, 6) is 3.51. The van der Waals surface area contributed by atoms with Gasteiger partial charge in [0.15, 0.2) is 17.0 Å². The first-order valence-corrected chi connectivity index (χ1v) is 14.0. The number of carbonyl (C=O) groups is 1. The molecule has 6 rings (SSSR count). The van der Waals surface area contributed by atoms with Crippen LogP contribution in [0.5, 0.6) is 0 Å². The Morgan fingerprint density at radius 3 is 2.51 bits per heavy atom. The second kappa shape index (κ2) is 10.5. The number of hydrogen-bond acceptors (Lipinski definition) is 8. The Balaban J connectivity index is 1.38. The fraction of sp³-hybridized carbons (Fsp3) is 0.536. The number of para-hydroxylation sites is 2. The van der Waals surface area contributed by atoms with Crippen LogP contribution in [0.25, 0.3) is 28.1 Å². The van der Waals surface area contributed by atoms with Crippen molar-refractivity contribution in [2.45, 2.75) is 39.7 Å². The van der Waals surface area contributed by atoms with Crippen LogP contribution >= 0.6 is 0 Å². The topological polar surface area (TPSA) is 97.4 Å². The van der Waals surface area contributed by atoms with Gasteiger partial charge in [-0.05, 0) is 26.0 Å². The summed E-state index contributed by atoms with van der Waals surface area (Å²) in [6.07, 6.45) is 1.50. The van der Waals surface area contributed by atoms with Crippen molar-refractivity contribution >= 4 is 33.9 Å². The summed E-state index contributed by atoms with van der Waals surface area (Å²) < 4.78 is 9.79. The highest BCUT2D eigenvalue weighted by molar-refractivity contribution is 5.86. The molecule has 1 aromatic carbocycles. The van der Waals surface area contributed by atoms with Crippen LogP contribution in [-0.2, 0) is 29.4 Å². The largest absolute Gasteiger partial charge is 0.378 e. The molecule has 0 atom stereocenters. The number of aryl methyl sites for hydroxylation is 2. The quantitative estimate of drug-likeness (QED) is 0.358. The van der Waals surface area contributed by atoms with Crippen molar-refractivity contribution in [3.05, 3.63) is 35.9 Å². The molecular formula is C28H37N9O2. The van der Waals surface area contributed by atoms with E-state index in [0.717, 1.165) is 85.2 Å². The summed E-state index contributed by atoms with van der Waals surface area (Å²) in [5.41, 5.74) is 3.54. The normalized spacial score (nSPS) is 17.3. The number of anilines is 1. The Labute approximate surface area is 228 Å². The molecule has 39 heavy (non-hydrogen) atoms. The van der Waals surface area contributed by atoms with Crippen molar-refractivity contribution in [2.24, 2.45) is 7.05 Å². The minimum absolute atomic E-state index is 0.200. The predicted molar refractivity (Wildman–Crippen MR) is 150 cm³/mol. The minimum atomic E-state index is 0.200. The summed E-state index contributed by atoms with van der Waals surface area (Å²) in [4.78, 5) is 39.1. The molecule has 0 spiro atoms. The van der Waals surface area contributed by atoms with Crippen LogP contribution in [0.4, 0.5) is 5.82 Å². The van der Waals surface area contributed by atoms with Crippen molar-refractivity contribution < 1.29 is 9.53 Å². The van der Waals surface area contributed by atoms with Gasteiger partial charge in [0, 0.05) is 58.7 Å². The lowest BCUT2D eigenvalue weighted by molar-refractivity contribution is -0.137. The molecule has 2 aliphatic heterocycles. The number of benzene rings is 1. The molecule has 2 aliphatic rings. The molecule has 11 nitrogen and oxygen atoms in total. The minimum Gasteiger partial charge on any atom is -0.378 e. The van der Waals surface area contributed by atoms with Gasteiger partial charge in [0.25, 0.3) is 0 Å². The number of hydrogen-bond donors (Lipinski definition) is 0. The van der Waals surface area contributed by atoms with Crippen molar-refractivity contribution in [3.8, 4) is 5.95 Å². The highest BCUT2D eigenvalue weighted by Gasteiger charge is 2.27. The maximum absolute atomic E-state index is 12.6. The molecule has 0 bridgehead atoms. The Kier molecular flexibility index (Phi) is 6.94. The van der Waals surface area contributed by atoms with E-state index in [9.17, 15) is 4.79 Å². The second-order valence-electron chi connectivity index (χ2n) is 10.6. The van der Waals surface area contributed by atoms with E-state index < -0.39 is 0 Å². The number of imidazole rings is 2. The number of morpholine rings is 1. The zero-order valence-corrected chi connectivity index (χ0v) is 23.3. The fourth-order valence-corrected chi connectivity index (χ4v) is 5.67. The molecule has 2 fully saturated rings. The van der Waals surface area contributed by atoms with E-state index in [1.165, 1.54) is 0 Å². The molecule has 0 N–H and O–H groups in total. The summed E-state index contributed by atoms with van der Waals surface area (Å²) in [6.45, 7) is 12.0. The zero-order valence-electron chi connectivity index (χ0n) is 23.3. The van der Waals surface area contributed by atoms with Crippen molar-refractivity contribution in [3.63, 3.8) is 0 Å². The summed E-state index contributed by atoms with van der Waals surface area (Å²) >= 11 is 0. The van der Waals surface area contributed by atoms with Crippen molar-refractivity contribution in [1.82, 2.24) is 38.9 Å². The van der Waals surface area contributed by atoms with Gasteiger partial charge in [0.1, 0.15) is 11.6 Å². The van der Waals surface area contributed by atoms with Crippen LogP contribution in [0.1, 0.15) is 32.4 Å². The Bertz CT molecular complexity index is 1500. The molecule has 0 radical (unpaired) electrons. The molecule has 1 amide bonds. The molecular weight excluding hydrogens is 494 g/mol. The highest BCUT2D eigenvalue weighted by atomic mass is 16.5. The lowest BCUT2D eigenvalue weighted by Crippen LogP contribution is -2.53. The number of fused-ring (bicyclic) bond motifs is 2. The van der Waals surface area contributed by atoms with Gasteiger partial charge in [0.2, 0.25) is 11.9 Å². The summed E-state index contributed by atoms with van der Waals surface area (Å²) in [6, 6.07) is 8.37.